The second-order valence-corrected chi connectivity index (χ2v) is 6.53. The number of anilines is 1. The van der Waals surface area contributed by atoms with E-state index in [0.29, 0.717) is 17.3 Å². The van der Waals surface area contributed by atoms with Crippen LogP contribution in [0.15, 0.2) is 22.7 Å². The fraction of sp³-hybridized carbons (Fsp3) is 0.533. The third-order valence-electron chi connectivity index (χ3n) is 4.36. The van der Waals surface area contributed by atoms with Crippen molar-refractivity contribution in [1.82, 2.24) is 9.80 Å². The molecule has 2 aliphatic rings. The number of likely N-dealkylation sites (tertiary alicyclic amines) is 2. The maximum atomic E-state index is 12.5. The summed E-state index contributed by atoms with van der Waals surface area (Å²) in [6, 6.07) is 5.97. The summed E-state index contributed by atoms with van der Waals surface area (Å²) in [6.07, 6.45) is 3.70. The van der Waals surface area contributed by atoms with E-state index in [1.807, 2.05) is 17.0 Å². The number of hydrogen-bond donors (Lipinski definition) is 1. The van der Waals surface area contributed by atoms with Crippen molar-refractivity contribution in [3.63, 3.8) is 0 Å². The standard InChI is InChI=1S/C15H20BrN3O/c16-13-9-11(3-4-14(13)17)15(20)19-8-5-12(10-19)18-6-1-2-7-18/h3-4,9,12H,1-2,5-8,10,17H2. The lowest BCUT2D eigenvalue weighted by molar-refractivity contribution is 0.0780. The normalized spacial score (nSPS) is 23.4. The highest BCUT2D eigenvalue weighted by Crippen LogP contribution is 2.24. The summed E-state index contributed by atoms with van der Waals surface area (Å²) in [5.41, 5.74) is 7.15. The van der Waals surface area contributed by atoms with E-state index in [0.717, 1.165) is 24.0 Å². The van der Waals surface area contributed by atoms with Crippen LogP contribution in [0, 0.1) is 0 Å². The van der Waals surface area contributed by atoms with Gasteiger partial charge in [-0.15, -0.1) is 0 Å². The molecule has 2 N–H and O–H groups in total. The molecule has 5 heteroatoms. The van der Waals surface area contributed by atoms with E-state index in [1.165, 1.54) is 25.9 Å². The predicted molar refractivity (Wildman–Crippen MR) is 83.7 cm³/mol. The number of rotatable bonds is 2. The Morgan fingerprint density at radius 1 is 1.25 bits per heavy atom. The lowest BCUT2D eigenvalue weighted by Gasteiger charge is -2.23. The minimum atomic E-state index is 0.118. The van der Waals surface area contributed by atoms with Crippen molar-refractivity contribution in [2.75, 3.05) is 31.9 Å². The Morgan fingerprint density at radius 3 is 2.70 bits per heavy atom. The maximum absolute atomic E-state index is 12.5. The molecule has 20 heavy (non-hydrogen) atoms. The molecule has 0 aliphatic carbocycles. The van der Waals surface area contributed by atoms with Gasteiger partial charge in [0.05, 0.1) is 0 Å². The summed E-state index contributed by atoms with van der Waals surface area (Å²) >= 11 is 3.38. The average molecular weight is 338 g/mol. The van der Waals surface area contributed by atoms with Gasteiger partial charge < -0.3 is 10.6 Å². The van der Waals surface area contributed by atoms with Crippen LogP contribution in [0.1, 0.15) is 29.6 Å². The number of nitrogens with zero attached hydrogens (tertiary/aromatic N) is 2. The smallest absolute Gasteiger partial charge is 0.253 e. The van der Waals surface area contributed by atoms with Gasteiger partial charge in [-0.2, -0.15) is 0 Å². The van der Waals surface area contributed by atoms with E-state index in [2.05, 4.69) is 20.8 Å². The first kappa shape index (κ1) is 13.9. The molecule has 1 unspecified atom stereocenters. The van der Waals surface area contributed by atoms with Crippen LogP contribution in [0.5, 0.6) is 0 Å². The molecule has 1 amide bonds. The van der Waals surface area contributed by atoms with Gasteiger partial charge in [0.15, 0.2) is 0 Å². The fourth-order valence-electron chi connectivity index (χ4n) is 3.17. The third-order valence-corrected chi connectivity index (χ3v) is 5.04. The highest BCUT2D eigenvalue weighted by Gasteiger charge is 2.31. The SMILES string of the molecule is Nc1ccc(C(=O)N2CCC(N3CCCC3)C2)cc1Br. The minimum absolute atomic E-state index is 0.118. The van der Waals surface area contributed by atoms with Crippen LogP contribution in [-0.2, 0) is 0 Å². The van der Waals surface area contributed by atoms with Crippen LogP contribution in [0.4, 0.5) is 5.69 Å². The fourth-order valence-corrected chi connectivity index (χ4v) is 3.55. The Morgan fingerprint density at radius 2 is 2.00 bits per heavy atom. The molecule has 1 aromatic carbocycles. The predicted octanol–water partition coefficient (Wildman–Crippen LogP) is 2.34. The van der Waals surface area contributed by atoms with E-state index >= 15 is 0 Å². The van der Waals surface area contributed by atoms with Crippen LogP contribution in [-0.4, -0.2) is 47.9 Å². The number of amides is 1. The molecule has 1 aromatic rings. The van der Waals surface area contributed by atoms with Crippen LogP contribution >= 0.6 is 15.9 Å². The monoisotopic (exact) mass is 337 g/mol. The zero-order valence-corrected chi connectivity index (χ0v) is 13.1. The molecule has 0 saturated carbocycles. The van der Waals surface area contributed by atoms with Crippen LogP contribution in [0.2, 0.25) is 0 Å². The first-order chi connectivity index (χ1) is 9.65. The summed E-state index contributed by atoms with van der Waals surface area (Å²) < 4.78 is 0.790. The van der Waals surface area contributed by atoms with Crippen molar-refractivity contribution in [2.45, 2.75) is 25.3 Å². The molecule has 2 fully saturated rings. The van der Waals surface area contributed by atoms with Gasteiger partial charge in [0.2, 0.25) is 0 Å². The number of carbonyl (C=O) groups is 1. The summed E-state index contributed by atoms with van der Waals surface area (Å²) in [5.74, 6) is 0.118. The second kappa shape index (κ2) is 5.74. The Balaban J connectivity index is 1.67. The molecule has 2 saturated heterocycles. The van der Waals surface area contributed by atoms with Crippen molar-refractivity contribution < 1.29 is 4.79 Å². The summed E-state index contributed by atoms with van der Waals surface area (Å²) in [4.78, 5) is 17.0. The molecule has 0 spiro atoms. The molecule has 108 valence electrons. The summed E-state index contributed by atoms with van der Waals surface area (Å²) in [6.45, 7) is 4.11. The molecule has 4 nitrogen and oxygen atoms in total. The van der Waals surface area contributed by atoms with Gasteiger partial charge in [-0.05, 0) is 66.5 Å². The van der Waals surface area contributed by atoms with Gasteiger partial charge in [0.25, 0.3) is 5.91 Å². The van der Waals surface area contributed by atoms with Gasteiger partial charge in [0, 0.05) is 34.9 Å². The molecule has 2 aliphatic heterocycles. The first-order valence-corrected chi connectivity index (χ1v) is 8.03. The Hall–Kier alpha value is -1.07. The highest BCUT2D eigenvalue weighted by atomic mass is 79.9. The average Bonchev–Trinajstić information content (AvgIpc) is 3.11. The van der Waals surface area contributed by atoms with Crippen LogP contribution in [0.25, 0.3) is 0 Å². The number of nitrogen functional groups attached to an aromatic ring is 1. The molecule has 0 radical (unpaired) electrons. The van der Waals surface area contributed by atoms with Gasteiger partial charge in [-0.1, -0.05) is 0 Å². The zero-order chi connectivity index (χ0) is 14.1. The van der Waals surface area contributed by atoms with E-state index in [9.17, 15) is 4.79 Å². The summed E-state index contributed by atoms with van der Waals surface area (Å²) in [7, 11) is 0. The van der Waals surface area contributed by atoms with Crippen molar-refractivity contribution >= 4 is 27.5 Å². The lowest BCUT2D eigenvalue weighted by atomic mass is 10.2. The van der Waals surface area contributed by atoms with Crippen molar-refractivity contribution in [2.24, 2.45) is 0 Å². The van der Waals surface area contributed by atoms with E-state index < -0.39 is 0 Å². The number of nitrogens with two attached hydrogens (primary N) is 1. The molecular formula is C15H20BrN3O. The largest absolute Gasteiger partial charge is 0.398 e. The zero-order valence-electron chi connectivity index (χ0n) is 11.5. The molecule has 0 aromatic heterocycles. The van der Waals surface area contributed by atoms with E-state index in [4.69, 9.17) is 5.73 Å². The second-order valence-electron chi connectivity index (χ2n) is 5.67. The Labute approximate surface area is 128 Å². The molecular weight excluding hydrogens is 318 g/mol. The third kappa shape index (κ3) is 2.69. The van der Waals surface area contributed by atoms with Gasteiger partial charge >= 0.3 is 0 Å². The van der Waals surface area contributed by atoms with E-state index in [-0.39, 0.29) is 5.91 Å². The Kier molecular flexibility index (Phi) is 3.98. The molecule has 2 heterocycles. The van der Waals surface area contributed by atoms with Crippen molar-refractivity contribution in [3.05, 3.63) is 28.2 Å². The highest BCUT2D eigenvalue weighted by molar-refractivity contribution is 9.10. The molecule has 0 bridgehead atoms. The number of carbonyl (C=O) groups excluding carboxylic acids is 1. The van der Waals surface area contributed by atoms with E-state index in [1.54, 1.807) is 6.07 Å². The molecule has 3 rings (SSSR count). The van der Waals surface area contributed by atoms with Gasteiger partial charge in [0.1, 0.15) is 0 Å². The number of halogens is 1. The van der Waals surface area contributed by atoms with Gasteiger partial charge in [-0.25, -0.2) is 0 Å². The van der Waals surface area contributed by atoms with Gasteiger partial charge in [-0.3, -0.25) is 9.69 Å². The summed E-state index contributed by atoms with van der Waals surface area (Å²) in [5, 5.41) is 0. The van der Waals surface area contributed by atoms with Crippen LogP contribution in [0.3, 0.4) is 0 Å². The number of benzene rings is 1. The van der Waals surface area contributed by atoms with Crippen LogP contribution < -0.4 is 5.73 Å². The minimum Gasteiger partial charge on any atom is -0.398 e. The van der Waals surface area contributed by atoms with Crippen molar-refractivity contribution in [3.8, 4) is 0 Å². The topological polar surface area (TPSA) is 49.6 Å². The molecule has 1 atom stereocenters. The van der Waals surface area contributed by atoms with Crippen molar-refractivity contribution in [1.29, 1.82) is 0 Å². The quantitative estimate of drug-likeness (QED) is 0.842. The Bertz CT molecular complexity index is 514. The number of hydrogen-bond acceptors (Lipinski definition) is 3. The first-order valence-electron chi connectivity index (χ1n) is 7.23. The maximum Gasteiger partial charge on any atom is 0.253 e. The lowest BCUT2D eigenvalue weighted by Crippen LogP contribution is -2.37.